The number of carbonyl (C=O) groups is 2. The van der Waals surface area contributed by atoms with Crippen molar-refractivity contribution < 1.29 is 23.8 Å². The molecule has 0 saturated heterocycles. The Morgan fingerprint density at radius 2 is 1.41 bits per heavy atom. The van der Waals surface area contributed by atoms with Gasteiger partial charge in [0.05, 0.1) is 13.0 Å². The van der Waals surface area contributed by atoms with Crippen LogP contribution in [-0.4, -0.2) is 25.2 Å². The third-order valence-electron chi connectivity index (χ3n) is 6.35. The molecule has 0 unspecified atom stereocenters. The summed E-state index contributed by atoms with van der Waals surface area (Å²) >= 11 is 0. The van der Waals surface area contributed by atoms with Crippen molar-refractivity contribution in [3.8, 4) is 11.5 Å². The lowest BCUT2D eigenvalue weighted by Gasteiger charge is -2.37. The van der Waals surface area contributed by atoms with Crippen molar-refractivity contribution in [3.63, 3.8) is 0 Å². The van der Waals surface area contributed by atoms with E-state index in [1.54, 1.807) is 37.5 Å². The summed E-state index contributed by atoms with van der Waals surface area (Å²) in [7, 11) is 1.61. The van der Waals surface area contributed by atoms with Crippen molar-refractivity contribution in [2.75, 3.05) is 7.11 Å². The van der Waals surface area contributed by atoms with E-state index < -0.39 is 0 Å². The molecule has 1 aromatic carbocycles. The summed E-state index contributed by atoms with van der Waals surface area (Å²) in [4.78, 5) is 24.1. The third-order valence-corrected chi connectivity index (χ3v) is 6.35. The Kier molecular flexibility index (Phi) is 7.73. The van der Waals surface area contributed by atoms with Gasteiger partial charge in [-0.3, -0.25) is 4.79 Å². The first-order chi connectivity index (χ1) is 14.1. The molecule has 5 nitrogen and oxygen atoms in total. The fraction of sp³-hybridized carbons (Fsp3) is 0.583. The van der Waals surface area contributed by atoms with Gasteiger partial charge in [-0.15, -0.1) is 0 Å². The topological polar surface area (TPSA) is 61.8 Å². The maximum absolute atomic E-state index is 12.5. The van der Waals surface area contributed by atoms with Gasteiger partial charge in [-0.1, -0.05) is 6.08 Å². The van der Waals surface area contributed by atoms with E-state index in [9.17, 15) is 9.59 Å². The van der Waals surface area contributed by atoms with E-state index in [4.69, 9.17) is 14.2 Å². The molecule has 0 heterocycles. The average molecular weight is 401 g/mol. The van der Waals surface area contributed by atoms with Gasteiger partial charge < -0.3 is 14.2 Å². The van der Waals surface area contributed by atoms with Crippen LogP contribution < -0.4 is 9.47 Å². The second kappa shape index (κ2) is 10.5. The number of esters is 2. The Morgan fingerprint density at radius 3 is 1.97 bits per heavy atom. The minimum absolute atomic E-state index is 0.00789. The van der Waals surface area contributed by atoms with E-state index in [1.165, 1.54) is 6.08 Å². The lowest BCUT2D eigenvalue weighted by atomic mass is 9.70. The summed E-state index contributed by atoms with van der Waals surface area (Å²) in [6, 6.07) is 7.13. The molecule has 0 aliphatic heterocycles. The van der Waals surface area contributed by atoms with Crippen LogP contribution in [0.25, 0.3) is 0 Å². The zero-order valence-electron chi connectivity index (χ0n) is 17.5. The Bertz CT molecular complexity index is 692. The lowest BCUT2D eigenvalue weighted by molar-refractivity contribution is -0.145. The van der Waals surface area contributed by atoms with Gasteiger partial charge in [0.1, 0.15) is 17.6 Å². The highest BCUT2D eigenvalue weighted by Gasteiger charge is 2.34. The van der Waals surface area contributed by atoms with Crippen molar-refractivity contribution in [1.29, 1.82) is 0 Å². The Labute approximate surface area is 173 Å². The number of rotatable bonds is 6. The van der Waals surface area contributed by atoms with Crippen molar-refractivity contribution in [2.24, 2.45) is 17.8 Å². The van der Waals surface area contributed by atoms with Crippen LogP contribution in [0, 0.1) is 17.8 Å². The number of methoxy groups -OCH3 is 1. The van der Waals surface area contributed by atoms with E-state index in [2.05, 4.69) is 0 Å². The molecule has 29 heavy (non-hydrogen) atoms. The largest absolute Gasteiger partial charge is 0.497 e. The number of carbonyl (C=O) groups excluding carboxylic acids is 2. The Hall–Kier alpha value is -2.30. The number of benzene rings is 1. The summed E-state index contributed by atoms with van der Waals surface area (Å²) in [5, 5.41) is 0. The van der Waals surface area contributed by atoms with Crippen molar-refractivity contribution in [3.05, 3.63) is 36.4 Å². The molecule has 0 atom stereocenters. The van der Waals surface area contributed by atoms with Crippen LogP contribution in [0.2, 0.25) is 0 Å². The molecular formula is C24H32O5. The molecule has 5 heteroatoms. The van der Waals surface area contributed by atoms with E-state index in [1.807, 2.05) is 6.92 Å². The second-order valence-electron chi connectivity index (χ2n) is 8.18. The van der Waals surface area contributed by atoms with Gasteiger partial charge in [0.25, 0.3) is 0 Å². The molecule has 0 amide bonds. The second-order valence-corrected chi connectivity index (χ2v) is 8.18. The molecule has 0 bridgehead atoms. The Balaban J connectivity index is 1.40. The molecule has 2 aliphatic rings. The molecule has 0 aromatic heterocycles. The summed E-state index contributed by atoms with van der Waals surface area (Å²) < 4.78 is 16.2. The van der Waals surface area contributed by atoms with Gasteiger partial charge in [-0.25, -0.2) is 4.79 Å². The summed E-state index contributed by atoms with van der Waals surface area (Å²) in [5.41, 5.74) is 0. The van der Waals surface area contributed by atoms with E-state index >= 15 is 0 Å². The maximum atomic E-state index is 12.5. The molecule has 0 radical (unpaired) electrons. The minimum atomic E-state index is -0.230. The van der Waals surface area contributed by atoms with Crippen molar-refractivity contribution in [1.82, 2.24) is 0 Å². The molecule has 0 N–H and O–H groups in total. The standard InChI is InChI=1S/C24H32O5/c1-3-4-23(25)28-21-11-9-18(10-12-21)17-5-7-19(8-6-17)24(26)29-22-15-13-20(27-2)14-16-22/h3-4,13-19,21H,5-12H2,1-2H3/b4-3+/t17-,18-,19-,21-. The molecule has 158 valence electrons. The zero-order chi connectivity index (χ0) is 20.6. The van der Waals surface area contributed by atoms with E-state index in [-0.39, 0.29) is 24.0 Å². The normalized spacial score (nSPS) is 27.4. The summed E-state index contributed by atoms with van der Waals surface area (Å²) in [6.45, 7) is 1.82. The van der Waals surface area contributed by atoms with Crippen LogP contribution in [0.1, 0.15) is 58.3 Å². The highest BCUT2D eigenvalue weighted by molar-refractivity contribution is 5.81. The summed E-state index contributed by atoms with van der Waals surface area (Å²) in [6.07, 6.45) is 11.3. The average Bonchev–Trinajstić information content (AvgIpc) is 2.75. The number of ether oxygens (including phenoxy) is 3. The van der Waals surface area contributed by atoms with Crippen LogP contribution in [0.3, 0.4) is 0 Å². The molecular weight excluding hydrogens is 368 g/mol. The molecule has 0 spiro atoms. The fourth-order valence-corrected chi connectivity index (χ4v) is 4.69. The van der Waals surface area contributed by atoms with Gasteiger partial charge in [0.15, 0.2) is 0 Å². The van der Waals surface area contributed by atoms with Crippen LogP contribution in [0.4, 0.5) is 0 Å². The van der Waals surface area contributed by atoms with Crippen LogP contribution >= 0.6 is 0 Å². The SMILES string of the molecule is C/C=C/C(=O)O[C@H]1CC[C@H]([C@H]2CC[C@H](C(=O)Oc3ccc(OC)cc3)CC2)CC1. The highest BCUT2D eigenvalue weighted by atomic mass is 16.5. The summed E-state index contributed by atoms with van der Waals surface area (Å²) in [5.74, 6) is 2.32. The van der Waals surface area contributed by atoms with Gasteiger partial charge in [0.2, 0.25) is 0 Å². The van der Waals surface area contributed by atoms with Gasteiger partial charge in [-0.05, 0) is 94.4 Å². The predicted molar refractivity (Wildman–Crippen MR) is 111 cm³/mol. The first-order valence-electron chi connectivity index (χ1n) is 10.8. The van der Waals surface area contributed by atoms with E-state index in [0.29, 0.717) is 17.6 Å². The van der Waals surface area contributed by atoms with E-state index in [0.717, 1.165) is 57.1 Å². The fourth-order valence-electron chi connectivity index (χ4n) is 4.69. The zero-order valence-corrected chi connectivity index (χ0v) is 17.5. The first kappa shape index (κ1) is 21.4. The molecule has 3 rings (SSSR count). The maximum Gasteiger partial charge on any atom is 0.330 e. The molecule has 2 fully saturated rings. The molecule has 2 saturated carbocycles. The minimum Gasteiger partial charge on any atom is -0.497 e. The van der Waals surface area contributed by atoms with Crippen molar-refractivity contribution in [2.45, 2.75) is 64.4 Å². The van der Waals surface area contributed by atoms with Crippen LogP contribution in [0.15, 0.2) is 36.4 Å². The highest BCUT2D eigenvalue weighted by Crippen LogP contribution is 2.41. The smallest absolute Gasteiger partial charge is 0.330 e. The third kappa shape index (κ3) is 6.09. The monoisotopic (exact) mass is 400 g/mol. The predicted octanol–water partition coefficient (Wildman–Crippen LogP) is 5.09. The van der Waals surface area contributed by atoms with Crippen LogP contribution in [0.5, 0.6) is 11.5 Å². The van der Waals surface area contributed by atoms with Crippen LogP contribution in [-0.2, 0) is 14.3 Å². The van der Waals surface area contributed by atoms with Gasteiger partial charge >= 0.3 is 11.9 Å². The number of allylic oxidation sites excluding steroid dienone is 1. The van der Waals surface area contributed by atoms with Crippen molar-refractivity contribution >= 4 is 11.9 Å². The molecule has 1 aromatic rings. The lowest BCUT2D eigenvalue weighted by Crippen LogP contribution is -2.31. The quantitative estimate of drug-likeness (QED) is 0.378. The Morgan fingerprint density at radius 1 is 0.862 bits per heavy atom. The van der Waals surface area contributed by atoms with Gasteiger partial charge in [-0.2, -0.15) is 0 Å². The van der Waals surface area contributed by atoms with Gasteiger partial charge in [0, 0.05) is 6.08 Å². The molecule has 2 aliphatic carbocycles. The number of hydrogen-bond donors (Lipinski definition) is 0. The first-order valence-corrected chi connectivity index (χ1v) is 10.8. The number of hydrogen-bond acceptors (Lipinski definition) is 5.